The summed E-state index contributed by atoms with van der Waals surface area (Å²) < 4.78 is 11.4. The third-order valence-corrected chi connectivity index (χ3v) is 4.24. The highest BCUT2D eigenvalue weighted by Gasteiger charge is 2.34. The minimum absolute atomic E-state index is 0.271. The molecule has 29 heavy (non-hydrogen) atoms. The van der Waals surface area contributed by atoms with Gasteiger partial charge in [-0.25, -0.2) is 0 Å². The molecule has 0 aromatic heterocycles. The number of imide groups is 1. The smallest absolute Gasteiger partial charge is 0.261 e. The average Bonchev–Trinajstić information content (AvgIpc) is 2.98. The third-order valence-electron chi connectivity index (χ3n) is 4.24. The average molecular weight is 401 g/mol. The van der Waals surface area contributed by atoms with Gasteiger partial charge >= 0.3 is 0 Å². The lowest BCUT2D eigenvalue weighted by atomic mass is 10.1. The number of carbonyl (C=O) groups is 2. The van der Waals surface area contributed by atoms with Gasteiger partial charge in [-0.2, -0.15) is 0 Å². The number of hydrogen-bond acceptors (Lipinski definition) is 6. The molecule has 0 N–H and O–H groups in total. The fraction of sp³-hybridized carbons (Fsp3) is 0.556. The topological polar surface area (TPSA) is 153 Å². The Morgan fingerprint density at radius 3 is 1.90 bits per heavy atom. The van der Waals surface area contributed by atoms with Crippen LogP contribution in [0.25, 0.3) is 20.9 Å². The van der Waals surface area contributed by atoms with E-state index in [2.05, 4.69) is 20.1 Å². The molecule has 11 nitrogen and oxygen atoms in total. The van der Waals surface area contributed by atoms with Crippen LogP contribution in [-0.4, -0.2) is 55.9 Å². The lowest BCUT2D eigenvalue weighted by Gasteiger charge is -2.20. The maximum absolute atomic E-state index is 12.4. The van der Waals surface area contributed by atoms with E-state index >= 15 is 0 Å². The molecule has 0 radical (unpaired) electrons. The van der Waals surface area contributed by atoms with Gasteiger partial charge in [0.25, 0.3) is 11.8 Å². The molecule has 0 atom stereocenters. The van der Waals surface area contributed by atoms with Crippen LogP contribution in [0, 0.1) is 0 Å². The molecule has 2 amide bonds. The van der Waals surface area contributed by atoms with Crippen LogP contribution in [0.1, 0.15) is 46.4 Å². The molecule has 1 aliphatic rings. The molecule has 0 bridgehead atoms. The van der Waals surface area contributed by atoms with Crippen molar-refractivity contribution in [3.05, 3.63) is 56.3 Å². The Morgan fingerprint density at radius 2 is 1.41 bits per heavy atom. The van der Waals surface area contributed by atoms with Gasteiger partial charge < -0.3 is 9.47 Å². The van der Waals surface area contributed by atoms with E-state index in [0.717, 1.165) is 0 Å². The van der Waals surface area contributed by atoms with Crippen molar-refractivity contribution < 1.29 is 19.1 Å². The number of fused-ring (bicyclic) bond motifs is 1. The first-order chi connectivity index (χ1) is 14.2. The highest BCUT2D eigenvalue weighted by Crippen LogP contribution is 2.23. The van der Waals surface area contributed by atoms with Crippen LogP contribution in [0.4, 0.5) is 0 Å². The van der Waals surface area contributed by atoms with Crippen LogP contribution in [0.15, 0.2) is 34.5 Å². The number of benzene rings is 1. The standard InChI is InChI=1S/C18H23N7O4/c19-23-21-9-4-12-28-16(29-13-5-10-22-24-20)8-3-11-25-17(26)14-6-1-2-7-15(14)18(25)27/h1-2,6-7,16H,3-5,8-13H2. The highest BCUT2D eigenvalue weighted by atomic mass is 16.7. The van der Waals surface area contributed by atoms with Crippen molar-refractivity contribution in [1.29, 1.82) is 0 Å². The summed E-state index contributed by atoms with van der Waals surface area (Å²) in [6, 6.07) is 6.77. The van der Waals surface area contributed by atoms with Gasteiger partial charge in [-0.15, -0.1) is 0 Å². The Labute approximate surface area is 167 Å². The van der Waals surface area contributed by atoms with Crippen LogP contribution in [0.3, 0.4) is 0 Å². The van der Waals surface area contributed by atoms with Crippen LogP contribution in [0.5, 0.6) is 0 Å². The Balaban J connectivity index is 1.81. The zero-order chi connectivity index (χ0) is 20.9. The molecule has 2 rings (SSSR count). The van der Waals surface area contributed by atoms with Crippen molar-refractivity contribution in [2.45, 2.75) is 32.0 Å². The number of nitrogens with zero attached hydrogens (tertiary/aromatic N) is 7. The van der Waals surface area contributed by atoms with Crippen LogP contribution in [-0.2, 0) is 9.47 Å². The summed E-state index contributed by atoms with van der Waals surface area (Å²) in [6.45, 7) is 1.64. The van der Waals surface area contributed by atoms with Crippen molar-refractivity contribution in [3.63, 3.8) is 0 Å². The predicted molar refractivity (Wildman–Crippen MR) is 104 cm³/mol. The van der Waals surface area contributed by atoms with E-state index in [1.54, 1.807) is 24.3 Å². The number of rotatable bonds is 14. The maximum Gasteiger partial charge on any atom is 0.261 e. The minimum atomic E-state index is -0.526. The summed E-state index contributed by atoms with van der Waals surface area (Å²) in [5, 5.41) is 6.89. The zero-order valence-electron chi connectivity index (χ0n) is 16.0. The van der Waals surface area contributed by atoms with E-state index in [1.807, 2.05) is 0 Å². The lowest BCUT2D eigenvalue weighted by Crippen LogP contribution is -2.31. The zero-order valence-corrected chi connectivity index (χ0v) is 16.0. The first-order valence-corrected chi connectivity index (χ1v) is 9.39. The van der Waals surface area contributed by atoms with Crippen molar-refractivity contribution in [1.82, 2.24) is 4.90 Å². The summed E-state index contributed by atoms with van der Waals surface area (Å²) in [5.41, 5.74) is 17.4. The second-order valence-corrected chi connectivity index (χ2v) is 6.24. The molecule has 1 aliphatic heterocycles. The van der Waals surface area contributed by atoms with Crippen LogP contribution >= 0.6 is 0 Å². The van der Waals surface area contributed by atoms with Gasteiger partial charge in [0.05, 0.1) is 11.1 Å². The quantitative estimate of drug-likeness (QED) is 0.116. The van der Waals surface area contributed by atoms with Gasteiger partial charge in [0, 0.05) is 49.1 Å². The number of ether oxygens (including phenoxy) is 2. The van der Waals surface area contributed by atoms with Gasteiger partial charge in [0.2, 0.25) is 0 Å². The number of azide groups is 2. The van der Waals surface area contributed by atoms with E-state index in [1.165, 1.54) is 4.90 Å². The molecule has 1 heterocycles. The summed E-state index contributed by atoms with van der Waals surface area (Å²) in [6.07, 6.45) is 1.59. The number of hydrogen-bond donors (Lipinski definition) is 0. The fourth-order valence-electron chi connectivity index (χ4n) is 2.86. The largest absolute Gasteiger partial charge is 0.353 e. The first kappa shape index (κ1) is 22.2. The summed E-state index contributed by atoms with van der Waals surface area (Å²) >= 11 is 0. The fourth-order valence-corrected chi connectivity index (χ4v) is 2.86. The SMILES string of the molecule is [N-]=[N+]=NCCCOC(CCCN1C(=O)c2ccccc2C1=O)OCCCN=[N+]=[N-]. The third kappa shape index (κ3) is 6.78. The summed E-state index contributed by atoms with van der Waals surface area (Å²) in [5.74, 6) is -0.569. The highest BCUT2D eigenvalue weighted by molar-refractivity contribution is 6.21. The predicted octanol–water partition coefficient (Wildman–Crippen LogP) is 3.82. The molecule has 1 aromatic rings. The Morgan fingerprint density at radius 1 is 0.897 bits per heavy atom. The number of carbonyl (C=O) groups excluding carboxylic acids is 2. The van der Waals surface area contributed by atoms with Gasteiger partial charge in [0.15, 0.2) is 6.29 Å². The Bertz CT molecular complexity index is 742. The van der Waals surface area contributed by atoms with Gasteiger partial charge in [-0.05, 0) is 42.5 Å². The first-order valence-electron chi connectivity index (χ1n) is 9.39. The van der Waals surface area contributed by atoms with Gasteiger partial charge in [0.1, 0.15) is 0 Å². The van der Waals surface area contributed by atoms with Gasteiger partial charge in [-0.3, -0.25) is 14.5 Å². The van der Waals surface area contributed by atoms with Crippen molar-refractivity contribution in [3.8, 4) is 0 Å². The molecule has 0 saturated heterocycles. The molecular formula is C18H23N7O4. The van der Waals surface area contributed by atoms with Crippen molar-refractivity contribution in [2.24, 2.45) is 10.2 Å². The molecular weight excluding hydrogens is 378 g/mol. The molecule has 0 saturated carbocycles. The van der Waals surface area contributed by atoms with E-state index < -0.39 is 6.29 Å². The molecule has 0 unspecified atom stereocenters. The Hall–Kier alpha value is -3.10. The Kier molecular flexibility index (Phi) is 9.47. The van der Waals surface area contributed by atoms with Crippen molar-refractivity contribution >= 4 is 11.8 Å². The monoisotopic (exact) mass is 401 g/mol. The minimum Gasteiger partial charge on any atom is -0.353 e. The molecule has 0 spiro atoms. The van der Waals surface area contributed by atoms with Gasteiger partial charge in [-0.1, -0.05) is 22.4 Å². The lowest BCUT2D eigenvalue weighted by molar-refractivity contribution is -0.147. The number of amides is 2. The summed E-state index contributed by atoms with van der Waals surface area (Å²) in [7, 11) is 0. The van der Waals surface area contributed by atoms with E-state index in [4.69, 9.17) is 20.5 Å². The maximum atomic E-state index is 12.4. The van der Waals surface area contributed by atoms with Crippen molar-refractivity contribution in [2.75, 3.05) is 32.8 Å². The summed E-state index contributed by atoms with van der Waals surface area (Å²) in [4.78, 5) is 31.4. The normalized spacial score (nSPS) is 13.6. The second-order valence-electron chi connectivity index (χ2n) is 6.24. The molecule has 154 valence electrons. The van der Waals surface area contributed by atoms with E-state index in [0.29, 0.717) is 63.1 Å². The van der Waals surface area contributed by atoms with Crippen LogP contribution in [0.2, 0.25) is 0 Å². The van der Waals surface area contributed by atoms with E-state index in [-0.39, 0.29) is 18.4 Å². The second kappa shape index (κ2) is 12.4. The van der Waals surface area contributed by atoms with Crippen LogP contribution < -0.4 is 0 Å². The molecule has 0 fully saturated rings. The molecule has 0 aliphatic carbocycles. The molecule has 11 heteroatoms. The van der Waals surface area contributed by atoms with E-state index in [9.17, 15) is 9.59 Å². The molecule has 1 aromatic carbocycles.